The van der Waals surface area contributed by atoms with E-state index in [0.29, 0.717) is 12.1 Å². The van der Waals surface area contributed by atoms with Crippen molar-refractivity contribution in [1.82, 2.24) is 29.5 Å². The number of hydrogen-bond acceptors (Lipinski definition) is 5. The van der Waals surface area contributed by atoms with Gasteiger partial charge in [-0.3, -0.25) is 14.7 Å². The van der Waals surface area contributed by atoms with Crippen LogP contribution in [0.15, 0.2) is 24.5 Å². The van der Waals surface area contributed by atoms with Crippen molar-refractivity contribution in [2.45, 2.75) is 44.6 Å². The molecule has 1 amide bonds. The minimum Gasteiger partial charge on any atom is -0.338 e. The van der Waals surface area contributed by atoms with Gasteiger partial charge in [0.1, 0.15) is 11.6 Å². The molecule has 2 fully saturated rings. The summed E-state index contributed by atoms with van der Waals surface area (Å²) < 4.78 is 2.15. The number of likely N-dealkylation sites (tertiary alicyclic amines) is 2. The Morgan fingerprint density at radius 2 is 2.00 bits per heavy atom. The quantitative estimate of drug-likeness (QED) is 0.828. The molecular formula is C20H28N6O. The maximum absolute atomic E-state index is 12.8. The number of nitrogens with zero attached hydrogens (tertiary/aromatic N) is 6. The maximum atomic E-state index is 12.8. The van der Waals surface area contributed by atoms with Crippen LogP contribution in [0.3, 0.4) is 0 Å². The molecule has 4 heterocycles. The molecule has 0 spiro atoms. The first kappa shape index (κ1) is 18.1. The first-order valence-electron chi connectivity index (χ1n) is 10.0. The van der Waals surface area contributed by atoms with Crippen molar-refractivity contribution in [3.05, 3.63) is 41.7 Å². The molecule has 0 aliphatic carbocycles. The van der Waals surface area contributed by atoms with Gasteiger partial charge < -0.3 is 9.47 Å². The lowest BCUT2D eigenvalue weighted by atomic mass is 9.96. The van der Waals surface area contributed by atoms with Crippen LogP contribution in [0.1, 0.15) is 60.0 Å². The number of rotatable bonds is 4. The third kappa shape index (κ3) is 4.03. The summed E-state index contributed by atoms with van der Waals surface area (Å²) in [5.41, 5.74) is 0.655. The Labute approximate surface area is 160 Å². The molecule has 7 heteroatoms. The first-order valence-corrected chi connectivity index (χ1v) is 10.0. The van der Waals surface area contributed by atoms with Gasteiger partial charge in [0.2, 0.25) is 0 Å². The molecule has 2 aromatic rings. The summed E-state index contributed by atoms with van der Waals surface area (Å²) in [7, 11) is 2.07. The summed E-state index contributed by atoms with van der Waals surface area (Å²) in [6.07, 6.45) is 9.27. The highest BCUT2D eigenvalue weighted by Gasteiger charge is 2.29. The molecule has 0 aromatic carbocycles. The van der Waals surface area contributed by atoms with Crippen LogP contribution >= 0.6 is 0 Å². The van der Waals surface area contributed by atoms with Crippen molar-refractivity contribution in [1.29, 1.82) is 0 Å². The van der Waals surface area contributed by atoms with Crippen molar-refractivity contribution in [2.24, 2.45) is 7.05 Å². The highest BCUT2D eigenvalue weighted by molar-refractivity contribution is 5.93. The van der Waals surface area contributed by atoms with Crippen molar-refractivity contribution >= 4 is 5.91 Å². The summed E-state index contributed by atoms with van der Waals surface area (Å²) in [5.74, 6) is 2.34. The SMILES string of the molecule is Cn1c(CN2CCCCC2)nnc1[C@@H]1CCCN(C(=O)c2cccnc2)C1. The molecule has 2 aliphatic rings. The van der Waals surface area contributed by atoms with Crippen LogP contribution in [-0.4, -0.2) is 61.6 Å². The monoisotopic (exact) mass is 368 g/mol. The first-order chi connectivity index (χ1) is 13.2. The zero-order valence-electron chi connectivity index (χ0n) is 16.0. The topological polar surface area (TPSA) is 67.2 Å². The second kappa shape index (κ2) is 8.17. The van der Waals surface area contributed by atoms with Gasteiger partial charge in [-0.25, -0.2) is 0 Å². The minimum absolute atomic E-state index is 0.0588. The van der Waals surface area contributed by atoms with Gasteiger partial charge in [-0.05, 0) is 50.9 Å². The van der Waals surface area contributed by atoms with Crippen LogP contribution in [0.25, 0.3) is 0 Å². The van der Waals surface area contributed by atoms with Crippen molar-refractivity contribution in [3.8, 4) is 0 Å². The van der Waals surface area contributed by atoms with Crippen LogP contribution in [0.2, 0.25) is 0 Å². The second-order valence-corrected chi connectivity index (χ2v) is 7.70. The molecule has 2 aromatic heterocycles. The summed E-state index contributed by atoms with van der Waals surface area (Å²) in [6.45, 7) is 4.67. The number of amides is 1. The number of piperidine rings is 2. The van der Waals surface area contributed by atoms with Crippen LogP contribution in [0.4, 0.5) is 0 Å². The second-order valence-electron chi connectivity index (χ2n) is 7.70. The van der Waals surface area contributed by atoms with E-state index in [4.69, 9.17) is 0 Å². The van der Waals surface area contributed by atoms with Gasteiger partial charge in [0.25, 0.3) is 5.91 Å². The van der Waals surface area contributed by atoms with E-state index in [0.717, 1.165) is 50.7 Å². The Balaban J connectivity index is 1.44. The van der Waals surface area contributed by atoms with Gasteiger partial charge in [-0.15, -0.1) is 10.2 Å². The molecule has 0 radical (unpaired) electrons. The van der Waals surface area contributed by atoms with Crippen molar-refractivity contribution in [3.63, 3.8) is 0 Å². The van der Waals surface area contributed by atoms with Crippen molar-refractivity contribution < 1.29 is 4.79 Å². The summed E-state index contributed by atoms with van der Waals surface area (Å²) >= 11 is 0. The zero-order valence-corrected chi connectivity index (χ0v) is 16.0. The van der Waals surface area contributed by atoms with Gasteiger partial charge in [-0.1, -0.05) is 6.42 Å². The molecule has 2 aliphatic heterocycles. The Bertz CT molecular complexity index is 768. The summed E-state index contributed by atoms with van der Waals surface area (Å²) in [4.78, 5) is 21.2. The number of hydrogen-bond donors (Lipinski definition) is 0. The lowest BCUT2D eigenvalue weighted by molar-refractivity contribution is 0.0703. The summed E-state index contributed by atoms with van der Waals surface area (Å²) in [5, 5.41) is 8.98. The van der Waals surface area contributed by atoms with E-state index in [2.05, 4.69) is 31.7 Å². The molecule has 0 unspecified atom stereocenters. The van der Waals surface area contributed by atoms with Gasteiger partial charge in [0.05, 0.1) is 12.1 Å². The standard InChI is InChI=1S/C20H28N6O/c1-24-18(15-25-10-3-2-4-11-25)22-23-19(24)17-8-6-12-26(14-17)20(27)16-7-5-9-21-13-16/h5,7,9,13,17H,2-4,6,8,10-12,14-15H2,1H3/t17-/m1/s1. The molecule has 7 nitrogen and oxygen atoms in total. The van der Waals surface area contributed by atoms with E-state index in [9.17, 15) is 4.79 Å². The number of carbonyl (C=O) groups is 1. The fraction of sp³-hybridized carbons (Fsp3) is 0.600. The largest absolute Gasteiger partial charge is 0.338 e. The van der Waals surface area contributed by atoms with E-state index in [1.807, 2.05) is 17.0 Å². The highest BCUT2D eigenvalue weighted by Crippen LogP contribution is 2.27. The van der Waals surface area contributed by atoms with E-state index in [-0.39, 0.29) is 11.8 Å². The molecule has 2 saturated heterocycles. The highest BCUT2D eigenvalue weighted by atomic mass is 16.2. The fourth-order valence-electron chi connectivity index (χ4n) is 4.23. The average Bonchev–Trinajstić information content (AvgIpc) is 3.09. The average molecular weight is 368 g/mol. The third-order valence-electron chi connectivity index (χ3n) is 5.79. The number of carbonyl (C=O) groups excluding carboxylic acids is 1. The molecule has 1 atom stereocenters. The van der Waals surface area contributed by atoms with E-state index in [1.54, 1.807) is 12.4 Å². The Morgan fingerprint density at radius 1 is 1.15 bits per heavy atom. The molecule has 0 saturated carbocycles. The van der Waals surface area contributed by atoms with Crippen LogP contribution in [0.5, 0.6) is 0 Å². The predicted octanol–water partition coefficient (Wildman–Crippen LogP) is 2.22. The molecule has 144 valence electrons. The molecular weight excluding hydrogens is 340 g/mol. The Kier molecular flexibility index (Phi) is 5.48. The fourth-order valence-corrected chi connectivity index (χ4v) is 4.23. The lowest BCUT2D eigenvalue weighted by Gasteiger charge is -2.32. The normalized spacial score (nSPS) is 21.4. The van der Waals surface area contributed by atoms with Crippen molar-refractivity contribution in [2.75, 3.05) is 26.2 Å². The van der Waals surface area contributed by atoms with Crippen LogP contribution in [0, 0.1) is 0 Å². The van der Waals surface area contributed by atoms with E-state index >= 15 is 0 Å². The predicted molar refractivity (Wildman–Crippen MR) is 102 cm³/mol. The van der Waals surface area contributed by atoms with E-state index < -0.39 is 0 Å². The smallest absolute Gasteiger partial charge is 0.255 e. The minimum atomic E-state index is 0.0588. The van der Waals surface area contributed by atoms with Gasteiger partial charge in [-0.2, -0.15) is 0 Å². The van der Waals surface area contributed by atoms with E-state index in [1.165, 1.54) is 19.3 Å². The van der Waals surface area contributed by atoms with Gasteiger partial charge in [0, 0.05) is 38.4 Å². The lowest BCUT2D eigenvalue weighted by Crippen LogP contribution is -2.39. The van der Waals surface area contributed by atoms with Gasteiger partial charge in [0.15, 0.2) is 0 Å². The maximum Gasteiger partial charge on any atom is 0.255 e. The molecule has 4 rings (SSSR count). The molecule has 0 bridgehead atoms. The molecule has 27 heavy (non-hydrogen) atoms. The van der Waals surface area contributed by atoms with Crippen LogP contribution in [-0.2, 0) is 13.6 Å². The summed E-state index contributed by atoms with van der Waals surface area (Å²) in [6, 6.07) is 3.64. The third-order valence-corrected chi connectivity index (χ3v) is 5.79. The van der Waals surface area contributed by atoms with Crippen LogP contribution < -0.4 is 0 Å². The zero-order chi connectivity index (χ0) is 18.6. The van der Waals surface area contributed by atoms with Gasteiger partial charge >= 0.3 is 0 Å². The Hall–Kier alpha value is -2.28. The Morgan fingerprint density at radius 3 is 2.78 bits per heavy atom. The molecule has 0 N–H and O–H groups in total. The number of pyridine rings is 1. The number of aromatic nitrogens is 4.